The van der Waals surface area contributed by atoms with Crippen LogP contribution in [0.3, 0.4) is 0 Å². The number of amides is 1. The summed E-state index contributed by atoms with van der Waals surface area (Å²) in [7, 11) is 0. The number of carboxylic acids is 1. The van der Waals surface area contributed by atoms with Crippen LogP contribution in [-0.4, -0.2) is 33.3 Å². The summed E-state index contributed by atoms with van der Waals surface area (Å²) < 4.78 is 1.52. The fourth-order valence-electron chi connectivity index (χ4n) is 1.86. The third kappa shape index (κ3) is 3.17. The van der Waals surface area contributed by atoms with Crippen molar-refractivity contribution in [2.24, 2.45) is 0 Å². The van der Waals surface area contributed by atoms with E-state index in [4.69, 9.17) is 5.11 Å². The first-order valence-corrected chi connectivity index (χ1v) is 6.32. The molecule has 2 N–H and O–H groups in total. The van der Waals surface area contributed by atoms with Gasteiger partial charge in [-0.3, -0.25) is 4.79 Å². The van der Waals surface area contributed by atoms with Crippen molar-refractivity contribution >= 4 is 11.9 Å². The average Bonchev–Trinajstić information content (AvgIpc) is 2.87. The number of nitrogens with zero attached hydrogens (tertiary/aromatic N) is 2. The molecule has 21 heavy (non-hydrogen) atoms. The van der Waals surface area contributed by atoms with Crippen molar-refractivity contribution in [2.45, 2.75) is 6.92 Å². The Balaban J connectivity index is 2.24. The van der Waals surface area contributed by atoms with E-state index in [0.29, 0.717) is 23.5 Å². The lowest BCUT2D eigenvalue weighted by molar-refractivity contribution is 0.0689. The van der Waals surface area contributed by atoms with Gasteiger partial charge in [-0.05, 0) is 37.3 Å². The molecule has 0 fully saturated rings. The minimum absolute atomic E-state index is 0.0136. The highest BCUT2D eigenvalue weighted by Crippen LogP contribution is 2.13. The van der Waals surface area contributed by atoms with Crippen LogP contribution in [0.4, 0.5) is 0 Å². The van der Waals surface area contributed by atoms with E-state index in [1.165, 1.54) is 10.7 Å². The van der Waals surface area contributed by atoms with E-state index < -0.39 is 5.97 Å². The molecule has 0 radical (unpaired) electrons. The van der Waals surface area contributed by atoms with Crippen LogP contribution in [0.5, 0.6) is 0 Å². The Morgan fingerprint density at radius 1 is 1.38 bits per heavy atom. The second-order valence-corrected chi connectivity index (χ2v) is 4.43. The Morgan fingerprint density at radius 3 is 2.57 bits per heavy atom. The summed E-state index contributed by atoms with van der Waals surface area (Å²) >= 11 is 0. The van der Waals surface area contributed by atoms with Gasteiger partial charge in [0.05, 0.1) is 5.69 Å². The monoisotopic (exact) mass is 285 g/mol. The summed E-state index contributed by atoms with van der Waals surface area (Å²) in [6.07, 6.45) is 1.60. The molecule has 1 aromatic heterocycles. The predicted molar refractivity (Wildman–Crippen MR) is 77.8 cm³/mol. The van der Waals surface area contributed by atoms with E-state index in [-0.39, 0.29) is 11.6 Å². The summed E-state index contributed by atoms with van der Waals surface area (Å²) in [5.41, 5.74) is 1.90. The molecule has 1 aromatic carbocycles. The third-order valence-electron chi connectivity index (χ3n) is 2.89. The van der Waals surface area contributed by atoms with Gasteiger partial charge in [0.2, 0.25) is 0 Å². The Bertz CT molecular complexity index is 687. The maximum absolute atomic E-state index is 11.8. The molecule has 0 bridgehead atoms. The molecule has 6 nitrogen and oxygen atoms in total. The van der Waals surface area contributed by atoms with Crippen LogP contribution in [0.25, 0.3) is 5.69 Å². The number of nitrogens with one attached hydrogen (secondary N) is 1. The minimum Gasteiger partial charge on any atom is -0.476 e. The largest absolute Gasteiger partial charge is 0.476 e. The van der Waals surface area contributed by atoms with E-state index in [9.17, 15) is 9.59 Å². The molecule has 0 saturated heterocycles. The van der Waals surface area contributed by atoms with E-state index in [1.807, 2.05) is 0 Å². The Labute approximate surface area is 121 Å². The first-order valence-electron chi connectivity index (χ1n) is 6.32. The van der Waals surface area contributed by atoms with Crippen molar-refractivity contribution in [3.8, 4) is 5.69 Å². The maximum atomic E-state index is 11.8. The van der Waals surface area contributed by atoms with Gasteiger partial charge in [0, 0.05) is 17.8 Å². The van der Waals surface area contributed by atoms with Gasteiger partial charge in [-0.1, -0.05) is 6.08 Å². The van der Waals surface area contributed by atoms with Gasteiger partial charge in [0.25, 0.3) is 5.91 Å². The lowest BCUT2D eigenvalue weighted by Gasteiger charge is -2.06. The highest BCUT2D eigenvalue weighted by atomic mass is 16.4. The zero-order valence-corrected chi connectivity index (χ0v) is 11.5. The number of carboxylic acid groups (broad SMARTS) is 1. The molecule has 0 aliphatic carbocycles. The number of hydrogen-bond acceptors (Lipinski definition) is 3. The number of benzene rings is 1. The predicted octanol–water partition coefficient (Wildman–Crippen LogP) is 1.79. The standard InChI is InChI=1S/C15H15N3O3/c1-3-8-16-14(19)11-4-6-12(7-5-11)18-10(2)9-13(17-18)15(20)21/h3-7,9H,1,8H2,2H3,(H,16,19)(H,20,21). The fraction of sp³-hybridized carbons (Fsp3) is 0.133. The zero-order valence-electron chi connectivity index (χ0n) is 11.5. The molecule has 2 rings (SSSR count). The number of aryl methyl sites for hydroxylation is 1. The van der Waals surface area contributed by atoms with Crippen molar-refractivity contribution in [1.29, 1.82) is 0 Å². The molecule has 0 saturated carbocycles. The first kappa shape index (κ1) is 14.5. The van der Waals surface area contributed by atoms with Crippen molar-refractivity contribution in [3.05, 3.63) is 59.9 Å². The third-order valence-corrected chi connectivity index (χ3v) is 2.89. The second-order valence-electron chi connectivity index (χ2n) is 4.43. The number of aromatic nitrogens is 2. The van der Waals surface area contributed by atoms with E-state index >= 15 is 0 Å². The molecule has 2 aromatic rings. The smallest absolute Gasteiger partial charge is 0.356 e. The van der Waals surface area contributed by atoms with E-state index in [0.717, 1.165) is 0 Å². The van der Waals surface area contributed by atoms with Gasteiger partial charge in [0.15, 0.2) is 5.69 Å². The molecule has 0 spiro atoms. The van der Waals surface area contributed by atoms with Crippen LogP contribution in [-0.2, 0) is 0 Å². The second kappa shape index (κ2) is 6.04. The molecule has 0 aliphatic heterocycles. The zero-order chi connectivity index (χ0) is 15.4. The summed E-state index contributed by atoms with van der Waals surface area (Å²) in [4.78, 5) is 22.7. The van der Waals surface area contributed by atoms with Gasteiger partial charge in [-0.15, -0.1) is 6.58 Å². The van der Waals surface area contributed by atoms with Gasteiger partial charge in [-0.25, -0.2) is 9.48 Å². The lowest BCUT2D eigenvalue weighted by Crippen LogP contribution is -2.23. The summed E-state index contributed by atoms with van der Waals surface area (Å²) in [5, 5.41) is 15.6. The van der Waals surface area contributed by atoms with Crippen LogP contribution in [0, 0.1) is 6.92 Å². The molecule has 0 aliphatic rings. The van der Waals surface area contributed by atoms with Crippen LogP contribution in [0.15, 0.2) is 43.0 Å². The molecular weight excluding hydrogens is 270 g/mol. The summed E-state index contributed by atoms with van der Waals surface area (Å²) in [5.74, 6) is -1.26. The Hall–Kier alpha value is -2.89. The fourth-order valence-corrected chi connectivity index (χ4v) is 1.86. The van der Waals surface area contributed by atoms with E-state index in [1.54, 1.807) is 37.3 Å². The van der Waals surface area contributed by atoms with Gasteiger partial charge in [0.1, 0.15) is 0 Å². The normalized spacial score (nSPS) is 10.1. The number of aromatic carboxylic acids is 1. The van der Waals surface area contributed by atoms with Gasteiger partial charge in [-0.2, -0.15) is 5.10 Å². The SMILES string of the molecule is C=CCNC(=O)c1ccc(-n2nc(C(=O)O)cc2C)cc1. The van der Waals surface area contributed by atoms with Crippen molar-refractivity contribution in [3.63, 3.8) is 0 Å². The van der Waals surface area contributed by atoms with Gasteiger partial charge < -0.3 is 10.4 Å². The van der Waals surface area contributed by atoms with Crippen LogP contribution in [0.2, 0.25) is 0 Å². The van der Waals surface area contributed by atoms with Crippen molar-refractivity contribution < 1.29 is 14.7 Å². The molecule has 1 amide bonds. The molecule has 6 heteroatoms. The Kier molecular flexibility index (Phi) is 4.18. The topological polar surface area (TPSA) is 84.2 Å². The van der Waals surface area contributed by atoms with Gasteiger partial charge >= 0.3 is 5.97 Å². The maximum Gasteiger partial charge on any atom is 0.356 e. The Morgan fingerprint density at radius 2 is 2.05 bits per heavy atom. The van der Waals surface area contributed by atoms with Crippen LogP contribution < -0.4 is 5.32 Å². The highest BCUT2D eigenvalue weighted by molar-refractivity contribution is 5.94. The summed E-state index contributed by atoms with van der Waals surface area (Å²) in [6, 6.07) is 8.25. The minimum atomic E-state index is -1.07. The van der Waals surface area contributed by atoms with Crippen molar-refractivity contribution in [2.75, 3.05) is 6.54 Å². The molecule has 108 valence electrons. The molecule has 1 heterocycles. The van der Waals surface area contributed by atoms with E-state index in [2.05, 4.69) is 17.0 Å². The number of rotatable bonds is 5. The van der Waals surface area contributed by atoms with Crippen molar-refractivity contribution in [1.82, 2.24) is 15.1 Å². The average molecular weight is 285 g/mol. The lowest BCUT2D eigenvalue weighted by atomic mass is 10.2. The summed E-state index contributed by atoms with van der Waals surface area (Å²) in [6.45, 7) is 5.70. The molecule has 0 atom stereocenters. The molecular formula is C15H15N3O3. The quantitative estimate of drug-likeness (QED) is 0.820. The highest BCUT2D eigenvalue weighted by Gasteiger charge is 2.12. The van der Waals surface area contributed by atoms with Crippen LogP contribution >= 0.6 is 0 Å². The molecule has 0 unspecified atom stereocenters. The van der Waals surface area contributed by atoms with Crippen LogP contribution in [0.1, 0.15) is 26.5 Å². The number of carbonyl (C=O) groups is 2. The first-order chi connectivity index (χ1) is 10.0. The number of carbonyl (C=O) groups excluding carboxylic acids is 1. The number of hydrogen-bond donors (Lipinski definition) is 2.